The fourth-order valence-corrected chi connectivity index (χ4v) is 6.36. The van der Waals surface area contributed by atoms with Gasteiger partial charge >= 0.3 is 6.18 Å². The molecule has 4 rings (SSSR count). The fraction of sp³-hybridized carbons (Fsp3) is 0.652. The highest BCUT2D eigenvalue weighted by molar-refractivity contribution is 8.01. The number of carbonyl (C=O) groups excluding carboxylic acids is 2. The van der Waals surface area contributed by atoms with Crippen molar-refractivity contribution in [2.75, 3.05) is 18.8 Å². The van der Waals surface area contributed by atoms with E-state index in [0.29, 0.717) is 24.4 Å². The second kappa shape index (κ2) is 9.63. The molecule has 32 heavy (non-hydrogen) atoms. The fourth-order valence-electron chi connectivity index (χ4n) is 4.94. The molecule has 5 nitrogen and oxygen atoms in total. The minimum atomic E-state index is -4.40. The van der Waals surface area contributed by atoms with Gasteiger partial charge in [-0.15, -0.1) is 11.8 Å². The molecule has 2 amide bonds. The van der Waals surface area contributed by atoms with Crippen molar-refractivity contribution in [3.63, 3.8) is 0 Å². The predicted octanol–water partition coefficient (Wildman–Crippen LogP) is 3.93. The van der Waals surface area contributed by atoms with Gasteiger partial charge in [0, 0.05) is 31.3 Å². The van der Waals surface area contributed by atoms with Gasteiger partial charge in [-0.1, -0.05) is 31.4 Å². The average molecular weight is 470 g/mol. The first-order valence-corrected chi connectivity index (χ1v) is 12.4. The Kier molecular flexibility index (Phi) is 7.05. The maximum Gasteiger partial charge on any atom is 0.416 e. The van der Waals surface area contributed by atoms with Crippen molar-refractivity contribution in [2.24, 2.45) is 5.92 Å². The zero-order chi connectivity index (χ0) is 22.8. The van der Waals surface area contributed by atoms with Crippen LogP contribution in [0.15, 0.2) is 24.3 Å². The predicted molar refractivity (Wildman–Crippen MR) is 118 cm³/mol. The zero-order valence-corrected chi connectivity index (χ0v) is 18.9. The molecule has 2 saturated heterocycles. The largest absolute Gasteiger partial charge is 0.416 e. The van der Waals surface area contributed by atoms with Crippen LogP contribution < -0.4 is 10.6 Å². The lowest BCUT2D eigenvalue weighted by Crippen LogP contribution is -2.55. The number of amides is 2. The third-order valence-electron chi connectivity index (χ3n) is 6.84. The van der Waals surface area contributed by atoms with Crippen molar-refractivity contribution in [1.29, 1.82) is 0 Å². The maximum absolute atomic E-state index is 12.9. The monoisotopic (exact) mass is 469 g/mol. The van der Waals surface area contributed by atoms with Crippen molar-refractivity contribution in [2.45, 2.75) is 68.6 Å². The molecule has 176 valence electrons. The van der Waals surface area contributed by atoms with Gasteiger partial charge in [0.1, 0.15) is 0 Å². The summed E-state index contributed by atoms with van der Waals surface area (Å²) < 4.78 is 38.6. The van der Waals surface area contributed by atoms with E-state index >= 15 is 0 Å². The van der Waals surface area contributed by atoms with Gasteiger partial charge in [-0.2, -0.15) is 13.2 Å². The van der Waals surface area contributed by atoms with Crippen molar-refractivity contribution >= 4 is 23.6 Å². The second-order valence-electron chi connectivity index (χ2n) is 9.08. The SMILES string of the molecule is O=C(NCc1cccc(C(F)(F)F)c1)C1CSC2(CCN(C(=O)C3CCCCC3)CC2)N1. The average Bonchev–Trinajstić information content (AvgIpc) is 3.21. The van der Waals surface area contributed by atoms with Crippen LogP contribution in [0, 0.1) is 5.92 Å². The van der Waals surface area contributed by atoms with E-state index in [-0.39, 0.29) is 35.2 Å². The quantitative estimate of drug-likeness (QED) is 0.702. The standard InChI is InChI=1S/C23H30F3N3O2S/c24-23(25,26)18-8-4-5-16(13-18)14-27-20(30)19-15-32-22(28-19)9-11-29(12-10-22)21(31)17-6-2-1-3-7-17/h4-5,8,13,17,19,28H,1-3,6-7,9-12,14-15H2,(H,27,30). The highest BCUT2D eigenvalue weighted by Crippen LogP contribution is 2.40. The number of hydrogen-bond donors (Lipinski definition) is 2. The summed E-state index contributed by atoms with van der Waals surface area (Å²) in [6.07, 6.45) is 2.71. The zero-order valence-electron chi connectivity index (χ0n) is 18.0. The molecule has 0 radical (unpaired) electrons. The first-order valence-electron chi connectivity index (χ1n) is 11.4. The van der Waals surface area contributed by atoms with Gasteiger partial charge in [0.2, 0.25) is 11.8 Å². The van der Waals surface area contributed by atoms with E-state index in [9.17, 15) is 22.8 Å². The summed E-state index contributed by atoms with van der Waals surface area (Å²) in [7, 11) is 0. The number of halogens is 3. The number of piperidine rings is 1. The van der Waals surface area contributed by atoms with Gasteiger partial charge in [-0.3, -0.25) is 14.9 Å². The Morgan fingerprint density at radius 1 is 1.16 bits per heavy atom. The molecule has 2 N–H and O–H groups in total. The molecule has 2 heterocycles. The summed E-state index contributed by atoms with van der Waals surface area (Å²) in [6.45, 7) is 1.46. The third kappa shape index (κ3) is 5.42. The van der Waals surface area contributed by atoms with E-state index in [2.05, 4.69) is 10.6 Å². The molecule has 2 aliphatic heterocycles. The van der Waals surface area contributed by atoms with Crippen LogP contribution in [0.4, 0.5) is 13.2 Å². The Morgan fingerprint density at radius 2 is 1.88 bits per heavy atom. The summed E-state index contributed by atoms with van der Waals surface area (Å²) in [5.74, 6) is 0.882. The first kappa shape index (κ1) is 23.4. The van der Waals surface area contributed by atoms with Crippen LogP contribution in [0.3, 0.4) is 0 Å². The molecule has 3 fully saturated rings. The molecule has 0 aromatic heterocycles. The third-order valence-corrected chi connectivity index (χ3v) is 8.42. The van der Waals surface area contributed by atoms with Crippen molar-refractivity contribution < 1.29 is 22.8 Å². The molecule has 1 atom stereocenters. The number of benzene rings is 1. The lowest BCUT2D eigenvalue weighted by atomic mass is 9.87. The summed E-state index contributed by atoms with van der Waals surface area (Å²) in [6, 6.07) is 4.64. The number of hydrogen-bond acceptors (Lipinski definition) is 4. The number of likely N-dealkylation sites (tertiary alicyclic amines) is 1. The van der Waals surface area contributed by atoms with Gasteiger partial charge in [0.05, 0.1) is 16.5 Å². The minimum absolute atomic E-state index is 0.0578. The Morgan fingerprint density at radius 3 is 2.56 bits per heavy atom. The Balaban J connectivity index is 1.25. The van der Waals surface area contributed by atoms with Crippen molar-refractivity contribution in [3.8, 4) is 0 Å². The smallest absolute Gasteiger partial charge is 0.351 e. The topological polar surface area (TPSA) is 61.4 Å². The van der Waals surface area contributed by atoms with E-state index in [1.165, 1.54) is 12.5 Å². The van der Waals surface area contributed by atoms with Gasteiger partial charge in [0.15, 0.2) is 0 Å². The van der Waals surface area contributed by atoms with Crippen LogP contribution in [-0.2, 0) is 22.3 Å². The number of nitrogens with one attached hydrogen (secondary N) is 2. The van der Waals surface area contributed by atoms with Gasteiger partial charge in [-0.25, -0.2) is 0 Å². The molecule has 1 unspecified atom stereocenters. The van der Waals surface area contributed by atoms with Gasteiger partial charge < -0.3 is 10.2 Å². The molecular weight excluding hydrogens is 439 g/mol. The molecule has 1 aromatic carbocycles. The molecule has 3 aliphatic rings. The number of alkyl halides is 3. The lowest BCUT2D eigenvalue weighted by molar-refractivity contribution is -0.138. The summed E-state index contributed by atoms with van der Waals surface area (Å²) >= 11 is 1.72. The Bertz CT molecular complexity index is 834. The van der Waals surface area contributed by atoms with E-state index in [1.807, 2.05) is 4.90 Å². The molecule has 9 heteroatoms. The highest BCUT2D eigenvalue weighted by Gasteiger charge is 2.45. The summed E-state index contributed by atoms with van der Waals surface area (Å²) in [5, 5.41) is 6.21. The van der Waals surface area contributed by atoms with Gasteiger partial charge in [-0.05, 0) is 43.4 Å². The number of nitrogens with zero attached hydrogens (tertiary/aromatic N) is 1. The minimum Gasteiger partial charge on any atom is -0.351 e. The van der Waals surface area contributed by atoms with E-state index in [4.69, 9.17) is 0 Å². The van der Waals surface area contributed by atoms with E-state index in [0.717, 1.165) is 50.7 Å². The number of thioether (sulfide) groups is 1. The Labute approximate surface area is 190 Å². The Hall–Kier alpha value is -1.74. The van der Waals surface area contributed by atoms with Crippen LogP contribution in [-0.4, -0.2) is 46.5 Å². The highest BCUT2D eigenvalue weighted by atomic mass is 32.2. The van der Waals surface area contributed by atoms with Crippen LogP contribution in [0.1, 0.15) is 56.1 Å². The molecule has 1 saturated carbocycles. The molecule has 1 aromatic rings. The van der Waals surface area contributed by atoms with Crippen LogP contribution in [0.25, 0.3) is 0 Å². The van der Waals surface area contributed by atoms with Crippen LogP contribution in [0.5, 0.6) is 0 Å². The second-order valence-corrected chi connectivity index (χ2v) is 10.5. The van der Waals surface area contributed by atoms with Crippen molar-refractivity contribution in [1.82, 2.24) is 15.5 Å². The van der Waals surface area contributed by atoms with Gasteiger partial charge in [0.25, 0.3) is 0 Å². The molecule has 1 aliphatic carbocycles. The van der Waals surface area contributed by atoms with Crippen molar-refractivity contribution in [3.05, 3.63) is 35.4 Å². The number of carbonyl (C=O) groups is 2. The normalized spacial score (nSPS) is 24.0. The van der Waals surface area contributed by atoms with E-state index in [1.54, 1.807) is 17.8 Å². The van der Waals surface area contributed by atoms with Crippen LogP contribution >= 0.6 is 11.8 Å². The van der Waals surface area contributed by atoms with E-state index < -0.39 is 11.7 Å². The first-order chi connectivity index (χ1) is 15.3. The number of rotatable bonds is 4. The maximum atomic E-state index is 12.9. The molecular formula is C23H30F3N3O2S. The molecule has 0 bridgehead atoms. The van der Waals surface area contributed by atoms with Crippen LogP contribution in [0.2, 0.25) is 0 Å². The molecule has 1 spiro atoms. The summed E-state index contributed by atoms with van der Waals surface area (Å²) in [5.41, 5.74) is -0.296. The lowest BCUT2D eigenvalue weighted by Gasteiger charge is -2.40. The summed E-state index contributed by atoms with van der Waals surface area (Å²) in [4.78, 5) is 27.2.